The lowest BCUT2D eigenvalue weighted by molar-refractivity contribution is -0.193. The van der Waals surface area contributed by atoms with Gasteiger partial charge >= 0.3 is 36.4 Å². The van der Waals surface area contributed by atoms with Gasteiger partial charge in [-0.15, -0.1) is 0 Å². The Morgan fingerprint density at radius 3 is 1.78 bits per heavy atom. The molecule has 2 aliphatic rings. The monoisotopic (exact) mass is 785 g/mol. The Morgan fingerprint density at radius 1 is 0.796 bits per heavy atom. The van der Waals surface area contributed by atoms with Crippen LogP contribution in [0.2, 0.25) is 0 Å². The second-order valence-corrected chi connectivity index (χ2v) is 12.3. The summed E-state index contributed by atoms with van der Waals surface area (Å²) in [6.07, 6.45) is -7.66. The number of aromatic nitrogens is 3. The number of alkyl halides is 9. The number of carbonyl (C=O) groups excluding carboxylic acids is 1. The number of amides is 1. The van der Waals surface area contributed by atoms with Gasteiger partial charge < -0.3 is 20.2 Å². The molecular weight excluding hydrogens is 749 g/mol. The zero-order valence-electron chi connectivity index (χ0n) is 28.6. The van der Waals surface area contributed by atoms with Crippen LogP contribution >= 0.6 is 0 Å². The van der Waals surface area contributed by atoms with Crippen LogP contribution in [0.15, 0.2) is 67.1 Å². The number of hydrogen-bond acceptors (Lipinski definition) is 7. The highest BCUT2D eigenvalue weighted by molar-refractivity contribution is 5.85. The van der Waals surface area contributed by atoms with Gasteiger partial charge in [-0.1, -0.05) is 36.4 Å². The number of nitrogens with zero attached hydrogens (tertiary/aromatic N) is 5. The Hall–Kier alpha value is -5.21. The Labute approximate surface area is 301 Å². The molecule has 298 valence electrons. The zero-order valence-corrected chi connectivity index (χ0v) is 28.6. The number of piperidine rings is 1. The third kappa shape index (κ3) is 13.0. The first-order valence-electron chi connectivity index (χ1n) is 15.8. The quantitative estimate of drug-likeness (QED) is 0.246. The van der Waals surface area contributed by atoms with Gasteiger partial charge in [0.15, 0.2) is 0 Å². The van der Waals surface area contributed by atoms with Gasteiger partial charge in [-0.05, 0) is 49.9 Å². The van der Waals surface area contributed by atoms with Crippen molar-refractivity contribution in [3.8, 4) is 0 Å². The van der Waals surface area contributed by atoms with Crippen molar-refractivity contribution in [3.05, 3.63) is 83.9 Å². The third-order valence-corrected chi connectivity index (χ3v) is 8.00. The molecule has 2 fully saturated rings. The van der Waals surface area contributed by atoms with E-state index < -0.39 is 41.9 Å². The molecule has 5 rings (SSSR count). The van der Waals surface area contributed by atoms with E-state index in [2.05, 4.69) is 74.8 Å². The number of aliphatic carboxylic acids is 3. The number of carbonyl (C=O) groups is 4. The summed E-state index contributed by atoms with van der Waals surface area (Å²) in [5.74, 6) is -7.84. The number of halogens is 9. The Kier molecular flexibility index (Phi) is 15.6. The maximum absolute atomic E-state index is 14.2. The number of hydrogen-bond donors (Lipinski definition) is 3. The van der Waals surface area contributed by atoms with Gasteiger partial charge in [-0.2, -0.15) is 44.6 Å². The first kappa shape index (κ1) is 44.9. The lowest BCUT2D eigenvalue weighted by Crippen LogP contribution is -2.52. The number of rotatable bonds is 6. The van der Waals surface area contributed by atoms with Gasteiger partial charge in [0, 0.05) is 69.0 Å². The molecule has 1 spiro atoms. The standard InChI is InChI=1S/C27H33N5O.3C2HF3O2/c1-21(2)32-25(11-14-29-32)24-19-30(17-23-10-6-13-28-16-23)20-27(24)12-7-15-31(26(27)33)18-22-8-4-3-5-9-22;3*3-2(4,5)1(6)7/h3-6,8-11,13-14,16,21,24H,7,12,15,17-20H2,1-2H3;3*(H,6,7)/t24-,27+;;;/m0.../s1. The number of benzene rings is 1. The van der Waals surface area contributed by atoms with Crippen LogP contribution in [-0.2, 0) is 32.3 Å². The van der Waals surface area contributed by atoms with E-state index in [1.165, 1.54) is 16.8 Å². The van der Waals surface area contributed by atoms with Gasteiger partial charge in [0.05, 0.1) is 5.41 Å². The zero-order chi connectivity index (χ0) is 41.1. The van der Waals surface area contributed by atoms with Crippen molar-refractivity contribution >= 4 is 23.8 Å². The number of likely N-dealkylation sites (tertiary alicyclic amines) is 2. The second kappa shape index (κ2) is 18.7. The molecule has 0 aliphatic carbocycles. The molecule has 1 aromatic carbocycles. The molecule has 3 N–H and O–H groups in total. The van der Waals surface area contributed by atoms with Crippen molar-refractivity contribution in [1.29, 1.82) is 0 Å². The Balaban J connectivity index is 0.000000393. The van der Waals surface area contributed by atoms with Gasteiger partial charge in [-0.25, -0.2) is 14.4 Å². The van der Waals surface area contributed by atoms with Gasteiger partial charge in [0.2, 0.25) is 5.91 Å². The van der Waals surface area contributed by atoms with Gasteiger partial charge in [0.1, 0.15) is 0 Å². The first-order valence-corrected chi connectivity index (χ1v) is 15.8. The molecule has 4 heterocycles. The predicted molar refractivity (Wildman–Crippen MR) is 169 cm³/mol. The van der Waals surface area contributed by atoms with E-state index in [0.29, 0.717) is 12.5 Å². The molecule has 2 atom stereocenters. The molecule has 2 aromatic heterocycles. The Morgan fingerprint density at radius 2 is 1.31 bits per heavy atom. The highest BCUT2D eigenvalue weighted by Crippen LogP contribution is 2.50. The van der Waals surface area contributed by atoms with Crippen LogP contribution in [0.3, 0.4) is 0 Å². The minimum atomic E-state index is -5.08. The number of pyridine rings is 1. The largest absolute Gasteiger partial charge is 0.490 e. The summed E-state index contributed by atoms with van der Waals surface area (Å²) in [4.78, 5) is 49.7. The van der Waals surface area contributed by atoms with Crippen molar-refractivity contribution in [1.82, 2.24) is 24.6 Å². The SMILES string of the molecule is CC(C)n1nccc1[C@@H]1CN(Cc2cccnc2)C[C@]12CCCN(Cc1ccccc1)C2=O.O=C(O)C(F)(F)F.O=C(O)C(F)(F)F.O=C(O)C(F)(F)F. The number of carboxylic acid groups (broad SMARTS) is 3. The topological polar surface area (TPSA) is 166 Å². The average Bonchev–Trinajstić information content (AvgIpc) is 3.69. The molecule has 2 aliphatic heterocycles. The summed E-state index contributed by atoms with van der Waals surface area (Å²) in [7, 11) is 0. The molecule has 0 radical (unpaired) electrons. The highest BCUT2D eigenvalue weighted by atomic mass is 19.4. The predicted octanol–water partition coefficient (Wildman–Crippen LogP) is 6.17. The molecule has 3 aromatic rings. The van der Waals surface area contributed by atoms with Crippen LogP contribution in [0.1, 0.15) is 55.5 Å². The van der Waals surface area contributed by atoms with Crippen molar-refractivity contribution < 1.29 is 74.0 Å². The Bertz CT molecular complexity index is 1630. The summed E-state index contributed by atoms with van der Waals surface area (Å²) < 4.78 is 97.3. The molecular formula is C33H36F9N5O7. The van der Waals surface area contributed by atoms with Crippen LogP contribution < -0.4 is 0 Å². The fraction of sp³-hybridized carbons (Fsp3) is 0.455. The molecule has 54 heavy (non-hydrogen) atoms. The van der Waals surface area contributed by atoms with Gasteiger partial charge in [0.25, 0.3) is 0 Å². The summed E-state index contributed by atoms with van der Waals surface area (Å²) in [5.41, 5.74) is 3.16. The van der Waals surface area contributed by atoms with E-state index in [-0.39, 0.29) is 12.0 Å². The summed E-state index contributed by atoms with van der Waals surface area (Å²) in [5, 5.41) is 26.0. The molecule has 0 saturated carbocycles. The van der Waals surface area contributed by atoms with E-state index in [1.54, 1.807) is 0 Å². The van der Waals surface area contributed by atoms with Crippen molar-refractivity contribution in [2.75, 3.05) is 19.6 Å². The summed E-state index contributed by atoms with van der Waals surface area (Å²) in [6, 6.07) is 16.9. The molecule has 0 bridgehead atoms. The maximum atomic E-state index is 14.2. The van der Waals surface area contributed by atoms with Crippen LogP contribution in [0.4, 0.5) is 39.5 Å². The summed E-state index contributed by atoms with van der Waals surface area (Å²) in [6.45, 7) is 8.28. The molecule has 12 nitrogen and oxygen atoms in total. The van der Waals surface area contributed by atoms with Crippen LogP contribution in [0.5, 0.6) is 0 Å². The minimum absolute atomic E-state index is 0.130. The fourth-order valence-corrected chi connectivity index (χ4v) is 5.82. The molecule has 1 amide bonds. The lowest BCUT2D eigenvalue weighted by Gasteiger charge is -2.43. The lowest BCUT2D eigenvalue weighted by atomic mass is 9.70. The maximum Gasteiger partial charge on any atom is 0.490 e. The smallest absolute Gasteiger partial charge is 0.475 e. The number of carboxylic acids is 3. The molecule has 0 unspecified atom stereocenters. The van der Waals surface area contributed by atoms with E-state index in [0.717, 1.165) is 39.0 Å². The third-order valence-electron chi connectivity index (χ3n) is 8.00. The fourth-order valence-electron chi connectivity index (χ4n) is 5.82. The second-order valence-electron chi connectivity index (χ2n) is 12.3. The summed E-state index contributed by atoms with van der Waals surface area (Å²) >= 11 is 0. The molecule has 21 heteroatoms. The molecule has 2 saturated heterocycles. The first-order chi connectivity index (χ1) is 24.9. The van der Waals surface area contributed by atoms with E-state index in [4.69, 9.17) is 29.7 Å². The van der Waals surface area contributed by atoms with E-state index >= 15 is 0 Å². The minimum Gasteiger partial charge on any atom is -0.475 e. The van der Waals surface area contributed by atoms with Crippen molar-refractivity contribution in [3.63, 3.8) is 0 Å². The van der Waals surface area contributed by atoms with Crippen LogP contribution in [0.25, 0.3) is 0 Å². The van der Waals surface area contributed by atoms with E-state index in [9.17, 15) is 44.3 Å². The van der Waals surface area contributed by atoms with Crippen molar-refractivity contribution in [2.45, 2.75) is 70.3 Å². The highest BCUT2D eigenvalue weighted by Gasteiger charge is 2.56. The van der Waals surface area contributed by atoms with Crippen LogP contribution in [0, 0.1) is 5.41 Å². The normalized spacial score (nSPS) is 18.9. The van der Waals surface area contributed by atoms with Gasteiger partial charge in [-0.3, -0.25) is 19.4 Å². The average molecular weight is 786 g/mol. The van der Waals surface area contributed by atoms with Crippen LogP contribution in [-0.4, -0.2) is 102 Å². The van der Waals surface area contributed by atoms with Crippen molar-refractivity contribution in [2.24, 2.45) is 5.41 Å². The van der Waals surface area contributed by atoms with E-state index in [1.807, 2.05) is 30.7 Å².